The number of aromatic nitrogens is 1. The molecule has 2 N–H and O–H groups in total. The molecule has 3 aromatic rings. The second kappa shape index (κ2) is 10.0. The zero-order valence-electron chi connectivity index (χ0n) is 20.6. The maximum Gasteiger partial charge on any atom is 0.414 e. The number of amides is 2. The molecule has 1 saturated heterocycles. The molecule has 2 aromatic carbocycles. The summed E-state index contributed by atoms with van der Waals surface area (Å²) in [4.78, 5) is 41.4. The minimum absolute atomic E-state index is 0.0677. The van der Waals surface area contributed by atoms with Crippen molar-refractivity contribution >= 4 is 46.0 Å². The average Bonchev–Trinajstić information content (AvgIpc) is 3.47. The molecule has 3 aliphatic rings. The number of aliphatic hydroxyl groups is 1. The number of carbonyl (C=O) groups excluding carboxylic acids is 2. The second-order valence-corrected chi connectivity index (χ2v) is 10.8. The van der Waals surface area contributed by atoms with Crippen molar-refractivity contribution in [3.63, 3.8) is 0 Å². The number of nitrogens with zero attached hydrogens (tertiary/aromatic N) is 3. The average molecular weight is 539 g/mol. The van der Waals surface area contributed by atoms with Gasteiger partial charge in [-0.25, -0.2) is 9.18 Å². The van der Waals surface area contributed by atoms with Gasteiger partial charge in [0.1, 0.15) is 11.9 Å². The van der Waals surface area contributed by atoms with E-state index in [1.807, 2.05) is 17.0 Å². The van der Waals surface area contributed by atoms with Gasteiger partial charge in [0.15, 0.2) is 0 Å². The minimum atomic E-state index is -0.446. The number of hydrogen-bond donors (Lipinski definition) is 2. The van der Waals surface area contributed by atoms with Gasteiger partial charge in [0.05, 0.1) is 30.1 Å². The molecule has 1 aromatic heterocycles. The van der Waals surface area contributed by atoms with Crippen molar-refractivity contribution in [1.29, 1.82) is 0 Å². The van der Waals surface area contributed by atoms with Crippen molar-refractivity contribution < 1.29 is 23.8 Å². The van der Waals surface area contributed by atoms with Crippen molar-refractivity contribution in [3.05, 3.63) is 64.2 Å². The lowest BCUT2D eigenvalue weighted by Crippen LogP contribution is -2.35. The first kappa shape index (κ1) is 24.9. The molecule has 0 spiro atoms. The lowest BCUT2D eigenvalue weighted by atomic mass is 9.98. The van der Waals surface area contributed by atoms with Crippen LogP contribution in [-0.2, 0) is 16.1 Å². The highest BCUT2D eigenvalue weighted by atomic mass is 32.2. The molecule has 0 radical (unpaired) electrons. The van der Waals surface area contributed by atoms with E-state index in [-0.39, 0.29) is 35.9 Å². The van der Waals surface area contributed by atoms with E-state index in [9.17, 15) is 23.9 Å². The van der Waals surface area contributed by atoms with E-state index in [1.165, 1.54) is 23.9 Å². The summed E-state index contributed by atoms with van der Waals surface area (Å²) >= 11 is 1.46. The molecular weight excluding hydrogens is 511 g/mol. The first-order chi connectivity index (χ1) is 18.4. The maximum absolute atomic E-state index is 14.9. The molecule has 2 amide bonds. The molecule has 6 rings (SSSR count). The summed E-state index contributed by atoms with van der Waals surface area (Å²) in [6.45, 7) is 2.05. The van der Waals surface area contributed by atoms with Crippen LogP contribution < -0.4 is 15.8 Å². The van der Waals surface area contributed by atoms with Crippen LogP contribution in [-0.4, -0.2) is 71.2 Å². The van der Waals surface area contributed by atoms with Crippen LogP contribution in [0.5, 0.6) is 0 Å². The van der Waals surface area contributed by atoms with Gasteiger partial charge in [-0.15, -0.1) is 11.8 Å². The Morgan fingerprint density at radius 3 is 2.79 bits per heavy atom. The number of nitrogens with one attached hydrogen (secondary N) is 1. The molecule has 4 heterocycles. The number of hydrogen-bond acceptors (Lipinski definition) is 7. The number of halogens is 1. The van der Waals surface area contributed by atoms with Crippen LogP contribution in [0, 0.1) is 5.82 Å². The number of fused-ring (bicyclic) bond motifs is 1. The largest absolute Gasteiger partial charge is 0.444 e. The highest BCUT2D eigenvalue weighted by Crippen LogP contribution is 2.37. The molecule has 198 valence electrons. The van der Waals surface area contributed by atoms with Crippen LogP contribution >= 0.6 is 11.8 Å². The van der Waals surface area contributed by atoms with Gasteiger partial charge in [-0.3, -0.25) is 14.5 Å². The van der Waals surface area contributed by atoms with Crippen molar-refractivity contribution in [1.82, 2.24) is 9.47 Å². The molecule has 11 heteroatoms. The number of ether oxygens (including phenoxy) is 1. The van der Waals surface area contributed by atoms with Gasteiger partial charge in [-0.2, -0.15) is 0 Å². The Bertz CT molecular complexity index is 1490. The topological polar surface area (TPSA) is 104 Å². The Labute approximate surface area is 222 Å². The van der Waals surface area contributed by atoms with Crippen LogP contribution in [0.25, 0.3) is 10.9 Å². The maximum atomic E-state index is 14.9. The minimum Gasteiger partial charge on any atom is -0.444 e. The lowest BCUT2D eigenvalue weighted by molar-refractivity contribution is -0.113. The molecule has 1 fully saturated rings. The Hall–Kier alpha value is -3.41. The molecule has 3 aliphatic heterocycles. The van der Waals surface area contributed by atoms with E-state index in [1.54, 1.807) is 27.7 Å². The molecule has 0 bridgehead atoms. The van der Waals surface area contributed by atoms with Crippen LogP contribution in [0.2, 0.25) is 0 Å². The summed E-state index contributed by atoms with van der Waals surface area (Å²) in [7, 11) is 0. The molecule has 0 unspecified atom stereocenters. The normalized spacial score (nSPS) is 20.2. The fourth-order valence-corrected chi connectivity index (χ4v) is 6.41. The second-order valence-electron chi connectivity index (χ2n) is 9.82. The number of thioether (sulfide) groups is 1. The summed E-state index contributed by atoms with van der Waals surface area (Å²) in [6.07, 6.45) is -0.267. The Kier molecular flexibility index (Phi) is 6.58. The van der Waals surface area contributed by atoms with E-state index < -0.39 is 6.09 Å². The third kappa shape index (κ3) is 4.55. The molecule has 38 heavy (non-hydrogen) atoms. The number of cyclic esters (lactones) is 1. The Morgan fingerprint density at radius 2 is 1.95 bits per heavy atom. The van der Waals surface area contributed by atoms with E-state index in [4.69, 9.17) is 4.74 Å². The van der Waals surface area contributed by atoms with E-state index in [2.05, 4.69) is 5.32 Å². The molecule has 2 atom stereocenters. The quantitative estimate of drug-likeness (QED) is 0.455. The zero-order valence-corrected chi connectivity index (χ0v) is 21.4. The Balaban J connectivity index is 1.13. The number of pyridine rings is 1. The Morgan fingerprint density at radius 1 is 1.11 bits per heavy atom. The lowest BCUT2D eigenvalue weighted by Gasteiger charge is -2.26. The fraction of sp³-hybridized carbons (Fsp3) is 0.370. The number of aliphatic hydroxyl groups excluding tert-OH is 1. The molecular formula is C27H27FN4O5S. The van der Waals surface area contributed by atoms with Gasteiger partial charge in [-0.05, 0) is 48.2 Å². The number of rotatable bonds is 8. The summed E-state index contributed by atoms with van der Waals surface area (Å²) in [6, 6.07) is 11.9. The van der Waals surface area contributed by atoms with Gasteiger partial charge in [0, 0.05) is 54.3 Å². The van der Waals surface area contributed by atoms with Crippen LogP contribution in [0.1, 0.15) is 17.9 Å². The zero-order chi connectivity index (χ0) is 26.4. The van der Waals surface area contributed by atoms with E-state index in [0.717, 1.165) is 10.3 Å². The van der Waals surface area contributed by atoms with Crippen LogP contribution in [0.3, 0.4) is 0 Å². The monoisotopic (exact) mass is 538 g/mol. The predicted molar refractivity (Wildman–Crippen MR) is 142 cm³/mol. The number of carbonyl (C=O) groups is 2. The van der Waals surface area contributed by atoms with Gasteiger partial charge < -0.3 is 24.6 Å². The van der Waals surface area contributed by atoms with Gasteiger partial charge in [0.25, 0.3) is 5.56 Å². The highest BCUT2D eigenvalue weighted by molar-refractivity contribution is 8.00. The van der Waals surface area contributed by atoms with Crippen molar-refractivity contribution in [2.24, 2.45) is 0 Å². The highest BCUT2D eigenvalue weighted by Gasteiger charge is 2.34. The van der Waals surface area contributed by atoms with E-state index >= 15 is 0 Å². The molecule has 0 saturated carbocycles. The first-order valence-corrected chi connectivity index (χ1v) is 13.6. The number of anilines is 2. The summed E-state index contributed by atoms with van der Waals surface area (Å²) in [5, 5.41) is 13.4. The fourth-order valence-electron chi connectivity index (χ4n) is 5.62. The van der Waals surface area contributed by atoms with E-state index in [0.29, 0.717) is 67.4 Å². The van der Waals surface area contributed by atoms with Gasteiger partial charge in [0.2, 0.25) is 5.91 Å². The van der Waals surface area contributed by atoms with Crippen molar-refractivity contribution in [2.75, 3.05) is 48.8 Å². The van der Waals surface area contributed by atoms with Crippen LogP contribution in [0.4, 0.5) is 20.6 Å². The molecule has 9 nitrogen and oxygen atoms in total. The number of benzene rings is 2. The third-order valence-electron chi connectivity index (χ3n) is 7.39. The smallest absolute Gasteiger partial charge is 0.414 e. The first-order valence-electron chi connectivity index (χ1n) is 12.6. The summed E-state index contributed by atoms with van der Waals surface area (Å²) in [5.41, 5.74) is 2.38. The van der Waals surface area contributed by atoms with Gasteiger partial charge >= 0.3 is 6.09 Å². The summed E-state index contributed by atoms with van der Waals surface area (Å²) < 4.78 is 22.2. The third-order valence-corrected chi connectivity index (χ3v) is 8.47. The van der Waals surface area contributed by atoms with Crippen LogP contribution in [0.15, 0.2) is 52.2 Å². The standard InChI is InChI=1S/C27H27FN4O5S/c28-20-4-1-16-2-6-24(35)32-13-17(25(20)26(16)32)12-30(9-10-33)8-7-19-14-31(27(36)37-19)18-3-5-22-21(11-18)29-23(34)15-38-22/h1-6,11,17,19,33H,7-10,12-15H2,(H,29,34)/t17-,19-/m0/s1. The van der Waals surface area contributed by atoms with Gasteiger partial charge in [-0.1, -0.05) is 0 Å². The SMILES string of the molecule is O=C1CSc2ccc(N3C[C@H](CCN(CCO)C[C@H]4Cn5c(=O)ccc6ccc(F)c4c65)OC3=O)cc2N1. The van der Waals surface area contributed by atoms with Crippen molar-refractivity contribution in [2.45, 2.75) is 29.9 Å². The molecule has 0 aliphatic carbocycles. The predicted octanol–water partition coefficient (Wildman–Crippen LogP) is 2.99. The van der Waals surface area contributed by atoms with Crippen molar-refractivity contribution in [3.8, 4) is 0 Å². The summed E-state index contributed by atoms with van der Waals surface area (Å²) in [5.74, 6) is -0.262.